The molecule has 1 aliphatic heterocycles. The minimum absolute atomic E-state index is 0.0866. The highest BCUT2D eigenvalue weighted by Gasteiger charge is 2.36. The molecule has 26 heavy (non-hydrogen) atoms. The summed E-state index contributed by atoms with van der Waals surface area (Å²) >= 11 is 0. The van der Waals surface area contributed by atoms with Gasteiger partial charge < -0.3 is 19.9 Å². The summed E-state index contributed by atoms with van der Waals surface area (Å²) in [7, 11) is 1.32. The van der Waals surface area contributed by atoms with Gasteiger partial charge in [-0.1, -0.05) is 13.8 Å². The number of hydrogen-bond acceptors (Lipinski definition) is 5. The molecule has 0 aliphatic carbocycles. The highest BCUT2D eigenvalue weighted by atomic mass is 16.5. The fourth-order valence-electron chi connectivity index (χ4n) is 3.22. The van der Waals surface area contributed by atoms with Gasteiger partial charge in [0.25, 0.3) is 0 Å². The van der Waals surface area contributed by atoms with E-state index >= 15 is 0 Å². The van der Waals surface area contributed by atoms with Gasteiger partial charge in [0.2, 0.25) is 0 Å². The molecule has 0 spiro atoms. The summed E-state index contributed by atoms with van der Waals surface area (Å²) in [5.41, 5.74) is 2.75. The van der Waals surface area contributed by atoms with Crippen LogP contribution in [0.25, 0.3) is 0 Å². The molecule has 0 unspecified atom stereocenters. The first-order valence-electron chi connectivity index (χ1n) is 8.60. The van der Waals surface area contributed by atoms with Crippen molar-refractivity contribution in [2.24, 2.45) is 5.92 Å². The number of aromatic nitrogens is 3. The van der Waals surface area contributed by atoms with Crippen LogP contribution >= 0.6 is 0 Å². The van der Waals surface area contributed by atoms with Crippen LogP contribution in [0.4, 0.5) is 4.79 Å². The summed E-state index contributed by atoms with van der Waals surface area (Å²) in [5, 5.41) is 2.82. The van der Waals surface area contributed by atoms with Gasteiger partial charge in [0.05, 0.1) is 19.1 Å². The van der Waals surface area contributed by atoms with Gasteiger partial charge in [-0.25, -0.2) is 14.6 Å². The molecule has 8 nitrogen and oxygen atoms in total. The Kier molecular flexibility index (Phi) is 5.20. The van der Waals surface area contributed by atoms with Crippen molar-refractivity contribution in [1.82, 2.24) is 25.2 Å². The Bertz CT molecular complexity index is 774. The van der Waals surface area contributed by atoms with Crippen LogP contribution in [0.2, 0.25) is 0 Å². The standard InChI is InChI=1S/C18H23N5O3/c1-11(2)14(17(24)26-3)22-18(25)23-9-6-13-15(21-10-20-13)16(23)12-4-7-19-8-5-12/h4-5,7-8,10-11,14,16H,6,9H2,1-3H3,(H,20,21)(H,22,25)/t14-,16+/m1/s1. The van der Waals surface area contributed by atoms with Crippen LogP contribution in [0, 0.1) is 5.92 Å². The number of methoxy groups -OCH3 is 1. The summed E-state index contributed by atoms with van der Waals surface area (Å²) < 4.78 is 4.82. The lowest BCUT2D eigenvalue weighted by atomic mass is 9.96. The van der Waals surface area contributed by atoms with Crippen molar-refractivity contribution < 1.29 is 14.3 Å². The Labute approximate surface area is 152 Å². The van der Waals surface area contributed by atoms with Crippen LogP contribution in [0.15, 0.2) is 30.9 Å². The van der Waals surface area contributed by atoms with E-state index in [9.17, 15) is 9.59 Å². The number of fused-ring (bicyclic) bond motifs is 1. The number of hydrogen-bond donors (Lipinski definition) is 2. The number of amides is 2. The van der Waals surface area contributed by atoms with Crippen molar-refractivity contribution >= 4 is 12.0 Å². The van der Waals surface area contributed by atoms with Crippen molar-refractivity contribution in [2.45, 2.75) is 32.4 Å². The van der Waals surface area contributed by atoms with Crippen LogP contribution in [-0.4, -0.2) is 51.5 Å². The van der Waals surface area contributed by atoms with Gasteiger partial charge in [-0.2, -0.15) is 0 Å². The Morgan fingerprint density at radius 1 is 1.35 bits per heavy atom. The predicted molar refractivity (Wildman–Crippen MR) is 94.3 cm³/mol. The molecule has 0 aromatic carbocycles. The molecule has 0 saturated carbocycles. The van der Waals surface area contributed by atoms with Gasteiger partial charge in [0, 0.05) is 31.1 Å². The van der Waals surface area contributed by atoms with Crippen molar-refractivity contribution in [3.8, 4) is 0 Å². The molecule has 0 saturated heterocycles. The van der Waals surface area contributed by atoms with Crippen LogP contribution < -0.4 is 5.32 Å². The van der Waals surface area contributed by atoms with E-state index in [0.29, 0.717) is 13.0 Å². The fourth-order valence-corrected chi connectivity index (χ4v) is 3.22. The summed E-state index contributed by atoms with van der Waals surface area (Å²) in [6.07, 6.45) is 5.70. The zero-order valence-electron chi connectivity index (χ0n) is 15.1. The quantitative estimate of drug-likeness (QED) is 0.811. The van der Waals surface area contributed by atoms with E-state index < -0.39 is 12.0 Å². The normalized spacial score (nSPS) is 17.5. The first kappa shape index (κ1) is 17.9. The molecule has 2 N–H and O–H groups in total. The SMILES string of the molecule is COC(=O)[C@H](NC(=O)N1CCc2[nH]cnc2[C@@H]1c1ccncc1)C(C)C. The molecular weight excluding hydrogens is 334 g/mol. The molecule has 8 heteroatoms. The maximum Gasteiger partial charge on any atom is 0.328 e. The third-order valence-corrected chi connectivity index (χ3v) is 4.61. The number of carbonyl (C=O) groups excluding carboxylic acids is 2. The van der Waals surface area contributed by atoms with Gasteiger partial charge in [-0.15, -0.1) is 0 Å². The number of ether oxygens (including phenoxy) is 1. The van der Waals surface area contributed by atoms with E-state index in [4.69, 9.17) is 4.74 Å². The minimum Gasteiger partial charge on any atom is -0.467 e. The zero-order chi connectivity index (χ0) is 18.7. The number of urea groups is 1. The minimum atomic E-state index is -0.703. The number of H-pyrrole nitrogens is 1. The van der Waals surface area contributed by atoms with Gasteiger partial charge >= 0.3 is 12.0 Å². The van der Waals surface area contributed by atoms with Gasteiger partial charge in [0.15, 0.2) is 0 Å². The number of nitrogens with one attached hydrogen (secondary N) is 2. The van der Waals surface area contributed by atoms with Crippen molar-refractivity contribution in [3.05, 3.63) is 47.8 Å². The second-order valence-electron chi connectivity index (χ2n) is 6.59. The Morgan fingerprint density at radius 3 is 2.73 bits per heavy atom. The maximum atomic E-state index is 13.0. The number of carbonyl (C=O) groups is 2. The fraction of sp³-hybridized carbons (Fsp3) is 0.444. The summed E-state index contributed by atoms with van der Waals surface area (Å²) in [6, 6.07) is 2.39. The van der Waals surface area contributed by atoms with Crippen LogP contribution in [0.3, 0.4) is 0 Å². The van der Waals surface area contributed by atoms with Crippen molar-refractivity contribution in [1.29, 1.82) is 0 Å². The molecule has 3 heterocycles. The second kappa shape index (κ2) is 7.55. The largest absolute Gasteiger partial charge is 0.467 e. The lowest BCUT2D eigenvalue weighted by Crippen LogP contribution is -2.53. The molecule has 3 rings (SSSR count). The van der Waals surface area contributed by atoms with Gasteiger partial charge in [0.1, 0.15) is 12.1 Å². The number of rotatable bonds is 4. The first-order chi connectivity index (χ1) is 12.5. The first-order valence-corrected chi connectivity index (χ1v) is 8.60. The molecule has 0 radical (unpaired) electrons. The Hall–Kier alpha value is -2.90. The third kappa shape index (κ3) is 3.40. The molecule has 138 valence electrons. The average molecular weight is 357 g/mol. The third-order valence-electron chi connectivity index (χ3n) is 4.61. The van der Waals surface area contributed by atoms with E-state index in [1.807, 2.05) is 26.0 Å². The molecule has 1 aliphatic rings. The topological polar surface area (TPSA) is 100 Å². The van der Waals surface area contributed by atoms with Crippen LogP contribution in [-0.2, 0) is 16.0 Å². The lowest BCUT2D eigenvalue weighted by Gasteiger charge is -2.36. The molecule has 0 bridgehead atoms. The van der Waals surface area contributed by atoms with E-state index in [1.54, 1.807) is 23.6 Å². The van der Waals surface area contributed by atoms with E-state index in [-0.39, 0.29) is 18.0 Å². The Balaban J connectivity index is 1.90. The highest BCUT2D eigenvalue weighted by Crippen LogP contribution is 2.33. The average Bonchev–Trinajstić information content (AvgIpc) is 3.13. The predicted octanol–water partition coefficient (Wildman–Crippen LogP) is 1.66. The van der Waals surface area contributed by atoms with Crippen LogP contribution in [0.1, 0.15) is 36.8 Å². The van der Waals surface area contributed by atoms with Crippen molar-refractivity contribution in [2.75, 3.05) is 13.7 Å². The zero-order valence-corrected chi connectivity index (χ0v) is 15.1. The van der Waals surface area contributed by atoms with E-state index in [0.717, 1.165) is 17.0 Å². The molecule has 2 atom stereocenters. The maximum absolute atomic E-state index is 13.0. The number of nitrogens with zero attached hydrogens (tertiary/aromatic N) is 3. The highest BCUT2D eigenvalue weighted by molar-refractivity contribution is 5.84. The summed E-state index contributed by atoms with van der Waals surface area (Å²) in [4.78, 5) is 38.3. The molecular formula is C18H23N5O3. The van der Waals surface area contributed by atoms with E-state index in [2.05, 4.69) is 20.3 Å². The number of imidazole rings is 1. The molecule has 2 amide bonds. The van der Waals surface area contributed by atoms with Crippen molar-refractivity contribution in [3.63, 3.8) is 0 Å². The Morgan fingerprint density at radius 2 is 2.08 bits per heavy atom. The molecule has 0 fully saturated rings. The number of pyridine rings is 1. The lowest BCUT2D eigenvalue weighted by molar-refractivity contribution is -0.144. The summed E-state index contributed by atoms with van der Waals surface area (Å²) in [5.74, 6) is -0.539. The van der Waals surface area contributed by atoms with Gasteiger partial charge in [-0.05, 0) is 23.6 Å². The number of esters is 1. The van der Waals surface area contributed by atoms with E-state index in [1.165, 1.54) is 7.11 Å². The molecule has 2 aromatic heterocycles. The summed E-state index contributed by atoms with van der Waals surface area (Å²) in [6.45, 7) is 4.24. The van der Waals surface area contributed by atoms with Crippen LogP contribution in [0.5, 0.6) is 0 Å². The monoisotopic (exact) mass is 357 g/mol. The second-order valence-corrected chi connectivity index (χ2v) is 6.59. The van der Waals surface area contributed by atoms with Gasteiger partial charge in [-0.3, -0.25) is 4.98 Å². The number of aromatic amines is 1. The molecule has 2 aromatic rings. The smallest absolute Gasteiger partial charge is 0.328 e.